The summed E-state index contributed by atoms with van der Waals surface area (Å²) in [5, 5.41) is 0. The molecule has 1 aromatic carbocycles. The van der Waals surface area contributed by atoms with Crippen LogP contribution in [-0.4, -0.2) is 9.55 Å². The minimum Gasteiger partial charge on any atom is -0.318 e. The van der Waals surface area contributed by atoms with E-state index in [0.717, 1.165) is 16.3 Å². The second-order valence-corrected chi connectivity index (χ2v) is 3.40. The van der Waals surface area contributed by atoms with Crippen molar-refractivity contribution in [3.05, 3.63) is 36.7 Å². The van der Waals surface area contributed by atoms with Gasteiger partial charge in [0.1, 0.15) is 5.82 Å². The normalized spacial score (nSPS) is 10.4. The molecule has 0 aliphatic heterocycles. The second-order valence-electron chi connectivity index (χ2n) is 2.92. The van der Waals surface area contributed by atoms with E-state index in [1.807, 2.05) is 35.0 Å². The summed E-state index contributed by atoms with van der Waals surface area (Å²) in [5.74, 6) is 0.859. The molecule has 0 fully saturated rings. The number of thiol groups is 1. The van der Waals surface area contributed by atoms with E-state index in [1.165, 1.54) is 0 Å². The lowest BCUT2D eigenvalue weighted by Crippen LogP contribution is -2.07. The molecule has 0 aliphatic rings. The van der Waals surface area contributed by atoms with Crippen LogP contribution in [0.25, 0.3) is 11.4 Å². The maximum atomic E-state index is 5.58. The van der Waals surface area contributed by atoms with E-state index in [-0.39, 0.29) is 0 Å². The van der Waals surface area contributed by atoms with Crippen LogP contribution in [0.3, 0.4) is 0 Å². The second kappa shape index (κ2) is 3.86. The molecule has 0 atom stereocenters. The standard InChI is InChI=1S/C10H11N3S/c11-7-13-6-5-12-10(13)8-3-1-2-4-9(8)14/h1-6,14H,7,11H2. The molecule has 2 rings (SSSR count). The average molecular weight is 205 g/mol. The monoisotopic (exact) mass is 205 g/mol. The topological polar surface area (TPSA) is 43.8 Å². The van der Waals surface area contributed by atoms with Crippen LogP contribution >= 0.6 is 12.6 Å². The molecule has 0 unspecified atom stereocenters. The number of imidazole rings is 1. The largest absolute Gasteiger partial charge is 0.318 e. The molecule has 1 heterocycles. The van der Waals surface area contributed by atoms with Gasteiger partial charge in [0.15, 0.2) is 0 Å². The number of nitrogens with two attached hydrogens (primary N) is 1. The first-order valence-electron chi connectivity index (χ1n) is 4.32. The third-order valence-electron chi connectivity index (χ3n) is 2.06. The summed E-state index contributed by atoms with van der Waals surface area (Å²) in [6.07, 6.45) is 3.60. The highest BCUT2D eigenvalue weighted by atomic mass is 32.1. The molecule has 4 heteroatoms. The Hall–Kier alpha value is -1.26. The first-order chi connectivity index (χ1) is 6.83. The van der Waals surface area contributed by atoms with Gasteiger partial charge in [-0.1, -0.05) is 18.2 Å². The number of nitrogens with zero attached hydrogens (tertiary/aromatic N) is 2. The van der Waals surface area contributed by atoms with Crippen molar-refractivity contribution in [2.45, 2.75) is 11.6 Å². The lowest BCUT2D eigenvalue weighted by Gasteiger charge is -2.06. The Labute approximate surface area is 88.0 Å². The number of aromatic nitrogens is 2. The zero-order chi connectivity index (χ0) is 9.97. The van der Waals surface area contributed by atoms with Gasteiger partial charge in [0, 0.05) is 22.9 Å². The first kappa shape index (κ1) is 9.30. The highest BCUT2D eigenvalue weighted by Gasteiger charge is 2.06. The molecule has 3 nitrogen and oxygen atoms in total. The fraction of sp³-hybridized carbons (Fsp3) is 0.100. The zero-order valence-corrected chi connectivity index (χ0v) is 8.48. The molecule has 14 heavy (non-hydrogen) atoms. The third kappa shape index (κ3) is 1.54. The minimum atomic E-state index is 0.428. The van der Waals surface area contributed by atoms with Crippen LogP contribution in [-0.2, 0) is 6.67 Å². The quantitative estimate of drug-likeness (QED) is 0.734. The van der Waals surface area contributed by atoms with E-state index >= 15 is 0 Å². The van der Waals surface area contributed by atoms with Crippen molar-refractivity contribution in [3.63, 3.8) is 0 Å². The number of hydrogen-bond donors (Lipinski definition) is 2. The molecule has 0 aliphatic carbocycles. The Kier molecular flexibility index (Phi) is 2.56. The van der Waals surface area contributed by atoms with Crippen molar-refractivity contribution in [2.24, 2.45) is 5.73 Å². The fourth-order valence-electron chi connectivity index (χ4n) is 1.36. The maximum Gasteiger partial charge on any atom is 0.142 e. The van der Waals surface area contributed by atoms with Gasteiger partial charge in [0.05, 0.1) is 6.67 Å². The number of hydrogen-bond acceptors (Lipinski definition) is 3. The van der Waals surface area contributed by atoms with Crippen LogP contribution in [0.4, 0.5) is 0 Å². The molecule has 0 amide bonds. The van der Waals surface area contributed by atoms with Crippen molar-refractivity contribution >= 4 is 12.6 Å². The minimum absolute atomic E-state index is 0.428. The van der Waals surface area contributed by atoms with Crippen LogP contribution in [0.1, 0.15) is 0 Å². The lowest BCUT2D eigenvalue weighted by molar-refractivity contribution is 0.739. The van der Waals surface area contributed by atoms with Gasteiger partial charge >= 0.3 is 0 Å². The molecule has 0 bridgehead atoms. The van der Waals surface area contributed by atoms with E-state index in [9.17, 15) is 0 Å². The molecule has 0 saturated heterocycles. The summed E-state index contributed by atoms with van der Waals surface area (Å²) in [6, 6.07) is 7.83. The van der Waals surface area contributed by atoms with Crippen molar-refractivity contribution < 1.29 is 0 Å². The van der Waals surface area contributed by atoms with E-state index in [2.05, 4.69) is 17.6 Å². The fourth-order valence-corrected chi connectivity index (χ4v) is 1.62. The van der Waals surface area contributed by atoms with Gasteiger partial charge in [0.25, 0.3) is 0 Å². The van der Waals surface area contributed by atoms with Gasteiger partial charge in [0.2, 0.25) is 0 Å². The van der Waals surface area contributed by atoms with Gasteiger partial charge < -0.3 is 10.3 Å². The average Bonchev–Trinajstić information content (AvgIpc) is 2.66. The molecular weight excluding hydrogens is 194 g/mol. The van der Waals surface area contributed by atoms with Crippen LogP contribution < -0.4 is 5.73 Å². The summed E-state index contributed by atoms with van der Waals surface area (Å²) in [4.78, 5) is 5.16. The summed E-state index contributed by atoms with van der Waals surface area (Å²) in [6.45, 7) is 0.428. The molecule has 0 saturated carbocycles. The molecule has 0 spiro atoms. The Bertz CT molecular complexity index is 436. The van der Waals surface area contributed by atoms with E-state index in [1.54, 1.807) is 6.20 Å². The highest BCUT2D eigenvalue weighted by molar-refractivity contribution is 7.80. The molecule has 2 aromatic rings. The van der Waals surface area contributed by atoms with Crippen LogP contribution in [0.5, 0.6) is 0 Å². The number of benzene rings is 1. The SMILES string of the molecule is NCn1ccnc1-c1ccccc1S. The number of rotatable bonds is 2. The van der Waals surface area contributed by atoms with Crippen LogP contribution in [0, 0.1) is 0 Å². The molecule has 1 aromatic heterocycles. The lowest BCUT2D eigenvalue weighted by atomic mass is 10.2. The van der Waals surface area contributed by atoms with Crippen molar-refractivity contribution in [3.8, 4) is 11.4 Å². The van der Waals surface area contributed by atoms with Gasteiger partial charge in [-0.25, -0.2) is 4.98 Å². The predicted molar refractivity (Wildman–Crippen MR) is 59.1 cm³/mol. The van der Waals surface area contributed by atoms with Crippen LogP contribution in [0.2, 0.25) is 0 Å². The zero-order valence-electron chi connectivity index (χ0n) is 7.59. The van der Waals surface area contributed by atoms with Crippen molar-refractivity contribution in [1.82, 2.24) is 9.55 Å². The smallest absolute Gasteiger partial charge is 0.142 e. The molecule has 72 valence electrons. The Morgan fingerprint density at radius 1 is 1.36 bits per heavy atom. The third-order valence-corrected chi connectivity index (χ3v) is 2.45. The molecule has 2 N–H and O–H groups in total. The van der Waals surface area contributed by atoms with Gasteiger partial charge in [-0.05, 0) is 6.07 Å². The molecular formula is C10H11N3S. The Morgan fingerprint density at radius 3 is 2.86 bits per heavy atom. The Morgan fingerprint density at radius 2 is 2.14 bits per heavy atom. The maximum absolute atomic E-state index is 5.58. The van der Waals surface area contributed by atoms with Crippen molar-refractivity contribution in [1.29, 1.82) is 0 Å². The highest BCUT2D eigenvalue weighted by Crippen LogP contribution is 2.24. The van der Waals surface area contributed by atoms with Crippen LogP contribution in [0.15, 0.2) is 41.6 Å². The van der Waals surface area contributed by atoms with Gasteiger partial charge in [-0.2, -0.15) is 0 Å². The van der Waals surface area contributed by atoms with Crippen molar-refractivity contribution in [2.75, 3.05) is 0 Å². The van der Waals surface area contributed by atoms with E-state index < -0.39 is 0 Å². The summed E-state index contributed by atoms with van der Waals surface area (Å²) in [7, 11) is 0. The van der Waals surface area contributed by atoms with Gasteiger partial charge in [-0.3, -0.25) is 0 Å². The predicted octanol–water partition coefficient (Wildman–Crippen LogP) is 1.75. The van der Waals surface area contributed by atoms with E-state index in [4.69, 9.17) is 5.73 Å². The summed E-state index contributed by atoms with van der Waals surface area (Å²) < 4.78 is 1.88. The first-order valence-corrected chi connectivity index (χ1v) is 4.77. The van der Waals surface area contributed by atoms with Gasteiger partial charge in [-0.15, -0.1) is 12.6 Å². The van der Waals surface area contributed by atoms with E-state index in [0.29, 0.717) is 6.67 Å². The Balaban J connectivity index is 2.54. The molecule has 0 radical (unpaired) electrons. The summed E-state index contributed by atoms with van der Waals surface area (Å²) >= 11 is 4.38. The summed E-state index contributed by atoms with van der Waals surface area (Å²) in [5.41, 5.74) is 6.59.